The average molecular weight is 640 g/mol. The molecule has 3 aromatic carbocycles. The summed E-state index contributed by atoms with van der Waals surface area (Å²) in [6.07, 6.45) is 6.45. The van der Waals surface area contributed by atoms with Crippen molar-refractivity contribution in [3.63, 3.8) is 0 Å². The molecule has 0 saturated heterocycles. The molecule has 6 rings (SSSR count). The zero-order valence-corrected chi connectivity index (χ0v) is 28.4. The van der Waals surface area contributed by atoms with E-state index < -0.39 is 23.2 Å². The summed E-state index contributed by atoms with van der Waals surface area (Å²) in [6, 6.07) is 23.9. The maximum Gasteiger partial charge on any atom is 0.193 e. The predicted molar refractivity (Wildman–Crippen MR) is 189 cm³/mol. The lowest BCUT2D eigenvalue weighted by molar-refractivity contribution is -0.0891. The Kier molecular flexibility index (Phi) is 11.5. The van der Waals surface area contributed by atoms with E-state index in [0.717, 1.165) is 54.4 Å². The number of hydrogen-bond acceptors (Lipinski definition) is 6. The summed E-state index contributed by atoms with van der Waals surface area (Å²) >= 11 is 0. The van der Waals surface area contributed by atoms with Gasteiger partial charge in [0.15, 0.2) is 5.78 Å². The molecule has 6 nitrogen and oxygen atoms in total. The van der Waals surface area contributed by atoms with Gasteiger partial charge in [-0.1, -0.05) is 92.2 Å². The fraction of sp³-hybridized carbons (Fsp3) is 0.488. The van der Waals surface area contributed by atoms with E-state index >= 15 is 0 Å². The van der Waals surface area contributed by atoms with Gasteiger partial charge in [0, 0.05) is 29.6 Å². The maximum atomic E-state index is 14.8. The third kappa shape index (κ3) is 7.79. The molecule has 47 heavy (non-hydrogen) atoms. The summed E-state index contributed by atoms with van der Waals surface area (Å²) in [5, 5.41) is 43.6. The molecule has 3 aliphatic rings. The third-order valence-electron chi connectivity index (χ3n) is 10.9. The van der Waals surface area contributed by atoms with Gasteiger partial charge in [0.25, 0.3) is 0 Å². The van der Waals surface area contributed by atoms with Gasteiger partial charge in [-0.25, -0.2) is 0 Å². The molecule has 0 radical (unpaired) electrons. The summed E-state index contributed by atoms with van der Waals surface area (Å²) in [5.74, 6) is -0.132. The van der Waals surface area contributed by atoms with E-state index in [4.69, 9.17) is 0 Å². The molecule has 2 bridgehead atoms. The SMILES string of the molecule is CCCN(C[C@H](O)CO)C[C@]1(O)CC[C@H]2c3ccc(cc3C(=O)c3ccccc3-c3ccccc3)C[C@@H](O)CCC(C)=CCC[C@@]21C. The van der Waals surface area contributed by atoms with Crippen molar-refractivity contribution in [2.45, 2.75) is 95.9 Å². The fourth-order valence-corrected chi connectivity index (χ4v) is 8.17. The van der Waals surface area contributed by atoms with Crippen molar-refractivity contribution in [2.75, 3.05) is 26.2 Å². The van der Waals surface area contributed by atoms with Crippen LogP contribution in [0, 0.1) is 5.41 Å². The van der Waals surface area contributed by atoms with Gasteiger partial charge in [-0.15, -0.1) is 0 Å². The molecule has 0 amide bonds. The number of ketones is 1. The quantitative estimate of drug-likeness (QED) is 0.146. The maximum absolute atomic E-state index is 14.8. The highest BCUT2D eigenvalue weighted by molar-refractivity contribution is 6.13. The van der Waals surface area contributed by atoms with Crippen molar-refractivity contribution in [3.05, 3.63) is 107 Å². The van der Waals surface area contributed by atoms with Crippen molar-refractivity contribution in [3.8, 4) is 11.1 Å². The lowest BCUT2D eigenvalue weighted by Gasteiger charge is -2.46. The number of benzene rings is 3. The molecule has 0 heterocycles. The first-order chi connectivity index (χ1) is 22.6. The summed E-state index contributed by atoms with van der Waals surface area (Å²) in [5.41, 5.74) is 4.62. The Morgan fingerprint density at radius 3 is 2.49 bits per heavy atom. The first-order valence-electron chi connectivity index (χ1n) is 17.5. The number of rotatable bonds is 10. The number of fused-ring (bicyclic) bond motifs is 8. The lowest BCUT2D eigenvalue weighted by atomic mass is 9.64. The van der Waals surface area contributed by atoms with Gasteiger partial charge >= 0.3 is 0 Å². The Morgan fingerprint density at radius 2 is 1.74 bits per heavy atom. The second kappa shape index (κ2) is 15.4. The normalized spacial score (nSPS) is 25.7. The van der Waals surface area contributed by atoms with Crippen molar-refractivity contribution in [1.29, 1.82) is 0 Å². The molecule has 252 valence electrons. The topological polar surface area (TPSA) is 101 Å². The number of carbonyl (C=O) groups excluding carboxylic acids is 1. The molecule has 1 fully saturated rings. The Balaban J connectivity index is 1.63. The molecule has 0 aliphatic heterocycles. The van der Waals surface area contributed by atoms with E-state index in [1.807, 2.05) is 60.7 Å². The van der Waals surface area contributed by atoms with Crippen molar-refractivity contribution in [2.24, 2.45) is 5.41 Å². The van der Waals surface area contributed by atoms with Gasteiger partial charge in [-0.2, -0.15) is 0 Å². The number of carbonyl (C=O) groups is 1. The van der Waals surface area contributed by atoms with Gasteiger partial charge < -0.3 is 20.4 Å². The van der Waals surface area contributed by atoms with Gasteiger partial charge in [0.2, 0.25) is 0 Å². The second-order valence-corrected chi connectivity index (χ2v) is 14.3. The highest BCUT2D eigenvalue weighted by Gasteiger charge is 2.57. The van der Waals surface area contributed by atoms with E-state index in [-0.39, 0.29) is 18.3 Å². The fourth-order valence-electron chi connectivity index (χ4n) is 8.17. The van der Waals surface area contributed by atoms with Crippen LogP contribution < -0.4 is 0 Å². The molecule has 0 unspecified atom stereocenters. The molecular weight excluding hydrogens is 586 g/mol. The zero-order chi connectivity index (χ0) is 33.6. The monoisotopic (exact) mass is 639 g/mol. The van der Waals surface area contributed by atoms with Gasteiger partial charge in [-0.05, 0) is 99.1 Å². The molecule has 3 aliphatic carbocycles. The van der Waals surface area contributed by atoms with Crippen LogP contribution in [0.25, 0.3) is 11.1 Å². The molecule has 3 aromatic rings. The highest BCUT2D eigenvalue weighted by Crippen LogP contribution is 2.59. The van der Waals surface area contributed by atoms with Crippen molar-refractivity contribution >= 4 is 5.78 Å². The molecule has 4 N–H and O–H groups in total. The van der Waals surface area contributed by atoms with Gasteiger partial charge in [0.1, 0.15) is 0 Å². The molecule has 1 saturated carbocycles. The standard InChI is InChI=1S/C41H53NO5/c1-4-23-42(26-33(45)27-43)28-41(47)22-20-38-35-19-17-30(24-32(44)18-16-29(2)11-10-21-40(38,41)3)25-37(35)39(46)36-15-9-8-14-34(36)31-12-6-5-7-13-31/h5-9,11-15,17,19,25,32-33,38,43-45,47H,4,10,16,18,20-24,26-28H2,1-3H3/t32-,33-,38-,40-,41+/m0/s1. The van der Waals surface area contributed by atoms with E-state index in [2.05, 4.69) is 43.9 Å². The summed E-state index contributed by atoms with van der Waals surface area (Å²) in [4.78, 5) is 16.9. The van der Waals surface area contributed by atoms with E-state index in [1.165, 1.54) is 5.57 Å². The molecular formula is C41H53NO5. The van der Waals surface area contributed by atoms with Crippen molar-refractivity contribution in [1.82, 2.24) is 4.90 Å². The first-order valence-corrected chi connectivity index (χ1v) is 17.5. The summed E-state index contributed by atoms with van der Waals surface area (Å²) < 4.78 is 0. The zero-order valence-electron chi connectivity index (χ0n) is 28.4. The number of aliphatic hydroxyl groups is 4. The Hall–Kier alpha value is -3.13. The van der Waals surface area contributed by atoms with Crippen LogP contribution in [0.2, 0.25) is 0 Å². The van der Waals surface area contributed by atoms with E-state index in [1.54, 1.807) is 0 Å². The minimum atomic E-state index is -1.07. The lowest BCUT2D eigenvalue weighted by Crippen LogP contribution is -2.54. The summed E-state index contributed by atoms with van der Waals surface area (Å²) in [7, 11) is 0. The number of hydrogen-bond donors (Lipinski definition) is 4. The number of allylic oxidation sites excluding steroid dienone is 2. The largest absolute Gasteiger partial charge is 0.394 e. The Bertz CT molecular complexity index is 1540. The van der Waals surface area contributed by atoms with Crippen LogP contribution in [0.5, 0.6) is 0 Å². The van der Waals surface area contributed by atoms with Crippen LogP contribution >= 0.6 is 0 Å². The van der Waals surface area contributed by atoms with E-state index in [0.29, 0.717) is 50.0 Å². The van der Waals surface area contributed by atoms with Crippen LogP contribution in [-0.4, -0.2) is 75.2 Å². The first kappa shape index (κ1) is 35.2. The average Bonchev–Trinajstić information content (AvgIpc) is 3.32. The highest BCUT2D eigenvalue weighted by atomic mass is 16.3. The third-order valence-corrected chi connectivity index (χ3v) is 10.9. The van der Waals surface area contributed by atoms with Gasteiger partial charge in [-0.3, -0.25) is 9.69 Å². The van der Waals surface area contributed by atoms with Gasteiger partial charge in [0.05, 0.1) is 24.4 Å². The van der Waals surface area contributed by atoms with Crippen molar-refractivity contribution < 1.29 is 25.2 Å². The number of nitrogens with zero attached hydrogens (tertiary/aromatic N) is 1. The summed E-state index contributed by atoms with van der Waals surface area (Å²) in [6.45, 7) is 7.46. The molecule has 6 heteroatoms. The van der Waals surface area contributed by atoms with Crippen LogP contribution in [0.4, 0.5) is 0 Å². The van der Waals surface area contributed by atoms with Crippen LogP contribution in [0.15, 0.2) is 84.4 Å². The predicted octanol–water partition coefficient (Wildman–Crippen LogP) is 6.69. The second-order valence-electron chi connectivity index (χ2n) is 14.3. The van der Waals surface area contributed by atoms with E-state index in [9.17, 15) is 25.2 Å². The Morgan fingerprint density at radius 1 is 1.00 bits per heavy atom. The molecule has 0 spiro atoms. The smallest absolute Gasteiger partial charge is 0.193 e. The minimum Gasteiger partial charge on any atom is -0.394 e. The van der Waals surface area contributed by atoms with Crippen LogP contribution in [-0.2, 0) is 6.42 Å². The minimum absolute atomic E-state index is 0.0462. The Labute approximate surface area is 280 Å². The molecule has 5 atom stereocenters. The number of aliphatic hydroxyl groups excluding tert-OH is 3. The van der Waals surface area contributed by atoms with Crippen LogP contribution in [0.3, 0.4) is 0 Å². The van der Waals surface area contributed by atoms with Crippen LogP contribution in [0.1, 0.15) is 98.7 Å². The molecule has 0 aromatic heterocycles.